The quantitative estimate of drug-likeness (QED) is 0.906. The van der Waals surface area contributed by atoms with Crippen LogP contribution in [0.25, 0.3) is 0 Å². The van der Waals surface area contributed by atoms with E-state index in [1.54, 1.807) is 6.20 Å². The second-order valence-corrected chi connectivity index (χ2v) is 4.90. The highest BCUT2D eigenvalue weighted by atomic mass is 15.3. The Kier molecular flexibility index (Phi) is 3.55. The highest BCUT2D eigenvalue weighted by molar-refractivity contribution is 5.23. The van der Waals surface area contributed by atoms with Gasteiger partial charge in [0, 0.05) is 31.9 Å². The maximum atomic E-state index is 4.39. The van der Waals surface area contributed by atoms with Gasteiger partial charge in [0.15, 0.2) is 5.82 Å². The molecule has 1 N–H and O–H groups in total. The third-order valence-corrected chi connectivity index (χ3v) is 3.57. The van der Waals surface area contributed by atoms with Crippen LogP contribution >= 0.6 is 0 Å². The summed E-state index contributed by atoms with van der Waals surface area (Å²) in [5.74, 6) is 2.14. The van der Waals surface area contributed by atoms with Crippen LogP contribution in [0, 0.1) is 0 Å². The van der Waals surface area contributed by atoms with Crippen LogP contribution in [0.15, 0.2) is 24.5 Å². The van der Waals surface area contributed by atoms with Crippen LogP contribution in [0.3, 0.4) is 0 Å². The SMILES string of the molecule is CCCCc1nnc2n1CCNC2c1cccnc1. The molecule has 0 spiro atoms. The van der Waals surface area contributed by atoms with E-state index in [-0.39, 0.29) is 6.04 Å². The van der Waals surface area contributed by atoms with Crippen molar-refractivity contribution < 1.29 is 0 Å². The summed E-state index contributed by atoms with van der Waals surface area (Å²) in [5, 5.41) is 12.3. The Morgan fingerprint density at radius 2 is 2.37 bits per heavy atom. The lowest BCUT2D eigenvalue weighted by molar-refractivity contribution is 0.445. The van der Waals surface area contributed by atoms with Crippen molar-refractivity contribution in [3.05, 3.63) is 41.7 Å². The first kappa shape index (κ1) is 12.3. The van der Waals surface area contributed by atoms with Gasteiger partial charge < -0.3 is 9.88 Å². The highest BCUT2D eigenvalue weighted by Gasteiger charge is 2.25. The number of unbranched alkanes of at least 4 members (excludes halogenated alkanes) is 1. The van der Waals surface area contributed by atoms with Crippen LogP contribution in [0.4, 0.5) is 0 Å². The molecule has 2 aromatic heterocycles. The van der Waals surface area contributed by atoms with Gasteiger partial charge in [0.1, 0.15) is 5.82 Å². The average Bonchev–Trinajstić information content (AvgIpc) is 2.89. The molecule has 0 bridgehead atoms. The number of fused-ring (bicyclic) bond motifs is 1. The molecule has 3 rings (SSSR count). The normalized spacial score (nSPS) is 18.3. The topological polar surface area (TPSA) is 55.6 Å². The zero-order valence-electron chi connectivity index (χ0n) is 11.2. The maximum Gasteiger partial charge on any atom is 0.154 e. The van der Waals surface area contributed by atoms with E-state index in [4.69, 9.17) is 0 Å². The molecule has 5 nitrogen and oxygen atoms in total. The number of pyridine rings is 1. The van der Waals surface area contributed by atoms with Gasteiger partial charge in [-0.05, 0) is 18.1 Å². The summed E-state index contributed by atoms with van der Waals surface area (Å²) in [4.78, 5) is 4.19. The lowest BCUT2D eigenvalue weighted by Crippen LogP contribution is -2.35. The second-order valence-electron chi connectivity index (χ2n) is 4.90. The van der Waals surface area contributed by atoms with Crippen LogP contribution in [0.5, 0.6) is 0 Å². The number of aromatic nitrogens is 4. The second kappa shape index (κ2) is 5.48. The minimum atomic E-state index is 0.116. The molecule has 1 aliphatic rings. The first-order valence-electron chi connectivity index (χ1n) is 6.95. The standard InChI is InChI=1S/C14H19N5/c1-2-3-6-12-17-18-14-13(16-8-9-19(12)14)11-5-4-7-15-10-11/h4-5,7,10,13,16H,2-3,6,8-9H2,1H3. The summed E-state index contributed by atoms with van der Waals surface area (Å²) in [6.07, 6.45) is 7.07. The molecular formula is C14H19N5. The third-order valence-electron chi connectivity index (χ3n) is 3.57. The van der Waals surface area contributed by atoms with Gasteiger partial charge in [0.2, 0.25) is 0 Å². The van der Waals surface area contributed by atoms with Gasteiger partial charge >= 0.3 is 0 Å². The Labute approximate surface area is 113 Å². The van der Waals surface area contributed by atoms with Crippen molar-refractivity contribution in [1.82, 2.24) is 25.1 Å². The fourth-order valence-corrected chi connectivity index (χ4v) is 2.55. The molecule has 0 fully saturated rings. The van der Waals surface area contributed by atoms with Crippen molar-refractivity contribution in [2.75, 3.05) is 6.54 Å². The van der Waals surface area contributed by atoms with E-state index in [0.29, 0.717) is 0 Å². The summed E-state index contributed by atoms with van der Waals surface area (Å²) in [6.45, 7) is 4.11. The summed E-state index contributed by atoms with van der Waals surface area (Å²) < 4.78 is 2.27. The van der Waals surface area contributed by atoms with Crippen molar-refractivity contribution in [3.63, 3.8) is 0 Å². The molecule has 5 heteroatoms. The number of nitrogens with one attached hydrogen (secondary N) is 1. The molecule has 0 aliphatic carbocycles. The van der Waals surface area contributed by atoms with Crippen LogP contribution in [0.1, 0.15) is 43.0 Å². The van der Waals surface area contributed by atoms with Crippen LogP contribution in [-0.2, 0) is 13.0 Å². The Morgan fingerprint density at radius 1 is 1.42 bits per heavy atom. The number of hydrogen-bond donors (Lipinski definition) is 1. The summed E-state index contributed by atoms with van der Waals surface area (Å²) >= 11 is 0. The van der Waals surface area contributed by atoms with E-state index < -0.39 is 0 Å². The number of rotatable bonds is 4. The molecule has 0 aromatic carbocycles. The third kappa shape index (κ3) is 2.38. The van der Waals surface area contributed by atoms with Crippen molar-refractivity contribution in [2.45, 2.75) is 38.8 Å². The summed E-state index contributed by atoms with van der Waals surface area (Å²) in [7, 11) is 0. The van der Waals surface area contributed by atoms with Crippen molar-refractivity contribution in [2.24, 2.45) is 0 Å². The largest absolute Gasteiger partial charge is 0.312 e. The lowest BCUT2D eigenvalue weighted by atomic mass is 10.1. The van der Waals surface area contributed by atoms with Gasteiger partial charge in [-0.3, -0.25) is 4.98 Å². The van der Waals surface area contributed by atoms with Gasteiger partial charge in [-0.15, -0.1) is 10.2 Å². The van der Waals surface area contributed by atoms with Crippen LogP contribution in [0.2, 0.25) is 0 Å². The van der Waals surface area contributed by atoms with Gasteiger partial charge in [0.25, 0.3) is 0 Å². The molecule has 0 saturated carbocycles. The predicted octanol–water partition coefficient (Wildman–Crippen LogP) is 1.71. The maximum absolute atomic E-state index is 4.39. The number of aryl methyl sites for hydroxylation is 1. The molecule has 0 saturated heterocycles. The molecule has 3 heterocycles. The zero-order chi connectivity index (χ0) is 13.1. The smallest absolute Gasteiger partial charge is 0.154 e. The molecule has 0 amide bonds. The zero-order valence-corrected chi connectivity index (χ0v) is 11.2. The molecule has 1 aliphatic heterocycles. The Morgan fingerprint density at radius 3 is 3.16 bits per heavy atom. The Hall–Kier alpha value is -1.75. The fourth-order valence-electron chi connectivity index (χ4n) is 2.55. The molecule has 1 unspecified atom stereocenters. The van der Waals surface area contributed by atoms with Gasteiger partial charge in [-0.2, -0.15) is 0 Å². The van der Waals surface area contributed by atoms with Crippen molar-refractivity contribution >= 4 is 0 Å². The van der Waals surface area contributed by atoms with Crippen molar-refractivity contribution in [3.8, 4) is 0 Å². The predicted molar refractivity (Wildman–Crippen MR) is 72.7 cm³/mol. The van der Waals surface area contributed by atoms with E-state index in [9.17, 15) is 0 Å². The van der Waals surface area contributed by atoms with E-state index in [0.717, 1.165) is 36.7 Å². The molecular weight excluding hydrogens is 238 g/mol. The Balaban J connectivity index is 1.91. The van der Waals surface area contributed by atoms with E-state index in [1.807, 2.05) is 12.3 Å². The van der Waals surface area contributed by atoms with E-state index in [1.165, 1.54) is 12.8 Å². The lowest BCUT2D eigenvalue weighted by Gasteiger charge is -2.25. The van der Waals surface area contributed by atoms with Crippen LogP contribution in [-0.4, -0.2) is 26.3 Å². The van der Waals surface area contributed by atoms with E-state index >= 15 is 0 Å². The summed E-state index contributed by atoms with van der Waals surface area (Å²) in [5.41, 5.74) is 1.15. The molecule has 1 atom stereocenters. The number of hydrogen-bond acceptors (Lipinski definition) is 4. The minimum Gasteiger partial charge on any atom is -0.312 e. The fraction of sp³-hybridized carbons (Fsp3) is 0.500. The van der Waals surface area contributed by atoms with Crippen molar-refractivity contribution in [1.29, 1.82) is 0 Å². The van der Waals surface area contributed by atoms with E-state index in [2.05, 4.69) is 38.1 Å². The number of nitrogens with zero attached hydrogens (tertiary/aromatic N) is 4. The first-order valence-corrected chi connectivity index (χ1v) is 6.95. The average molecular weight is 257 g/mol. The molecule has 19 heavy (non-hydrogen) atoms. The van der Waals surface area contributed by atoms with Gasteiger partial charge in [0.05, 0.1) is 6.04 Å². The van der Waals surface area contributed by atoms with Gasteiger partial charge in [-0.25, -0.2) is 0 Å². The Bertz CT molecular complexity index is 534. The summed E-state index contributed by atoms with van der Waals surface area (Å²) in [6, 6.07) is 4.16. The van der Waals surface area contributed by atoms with Crippen LogP contribution < -0.4 is 5.32 Å². The molecule has 2 aromatic rings. The van der Waals surface area contributed by atoms with Gasteiger partial charge in [-0.1, -0.05) is 19.4 Å². The molecule has 100 valence electrons. The first-order chi connectivity index (χ1) is 9.40. The minimum absolute atomic E-state index is 0.116. The monoisotopic (exact) mass is 257 g/mol. The molecule has 0 radical (unpaired) electrons. The highest BCUT2D eigenvalue weighted by Crippen LogP contribution is 2.23.